The van der Waals surface area contributed by atoms with Gasteiger partial charge in [-0.3, -0.25) is 10.1 Å². The Labute approximate surface area is 148 Å². The molecule has 2 aromatic rings. The Bertz CT molecular complexity index is 724. The van der Waals surface area contributed by atoms with E-state index in [9.17, 15) is 9.59 Å². The van der Waals surface area contributed by atoms with Gasteiger partial charge in [0.25, 0.3) is 0 Å². The molecule has 0 spiro atoms. The number of rotatable bonds is 6. The van der Waals surface area contributed by atoms with Crippen LogP contribution in [0.5, 0.6) is 0 Å². The molecule has 0 saturated heterocycles. The van der Waals surface area contributed by atoms with E-state index in [-0.39, 0.29) is 5.91 Å². The Morgan fingerprint density at radius 2 is 2.25 bits per heavy atom. The van der Waals surface area contributed by atoms with Crippen molar-refractivity contribution in [1.82, 2.24) is 25.4 Å². The minimum Gasteiger partial charge on any atom is -0.341 e. The first kappa shape index (κ1) is 17.0. The summed E-state index contributed by atoms with van der Waals surface area (Å²) in [7, 11) is 1.47. The highest BCUT2D eigenvalue weighted by atomic mass is 32.2. The molecule has 1 aliphatic carbocycles. The number of aromatic nitrogens is 3. The average Bonchev–Trinajstić information content (AvgIpc) is 3.12. The molecule has 9 heteroatoms. The van der Waals surface area contributed by atoms with Gasteiger partial charge in [0.1, 0.15) is 5.82 Å². The number of nitrogens with one attached hydrogen (secondary N) is 2. The minimum atomic E-state index is -0.505. The van der Waals surface area contributed by atoms with Gasteiger partial charge < -0.3 is 9.88 Å². The number of nitrogens with zero attached hydrogens (tertiary/aromatic N) is 3. The van der Waals surface area contributed by atoms with Gasteiger partial charge in [0.2, 0.25) is 5.91 Å². The van der Waals surface area contributed by atoms with Gasteiger partial charge in [-0.15, -0.1) is 21.5 Å². The van der Waals surface area contributed by atoms with Crippen molar-refractivity contribution >= 4 is 35.0 Å². The Hall–Kier alpha value is -1.87. The molecule has 128 valence electrons. The van der Waals surface area contributed by atoms with E-state index in [1.807, 2.05) is 11.4 Å². The van der Waals surface area contributed by atoms with Crippen LogP contribution in [0.25, 0.3) is 0 Å². The lowest BCUT2D eigenvalue weighted by Crippen LogP contribution is -2.41. The molecule has 1 atom stereocenters. The van der Waals surface area contributed by atoms with E-state index in [4.69, 9.17) is 0 Å². The van der Waals surface area contributed by atoms with E-state index in [2.05, 4.69) is 31.5 Å². The van der Waals surface area contributed by atoms with Crippen LogP contribution in [-0.2, 0) is 11.2 Å². The highest BCUT2D eigenvalue weighted by Gasteiger charge is 2.31. The Morgan fingerprint density at radius 3 is 2.88 bits per heavy atom. The molecule has 1 fully saturated rings. The zero-order chi connectivity index (χ0) is 17.1. The number of carbonyl (C=O) groups excluding carboxylic acids is 2. The molecule has 0 aromatic carbocycles. The van der Waals surface area contributed by atoms with E-state index in [0.717, 1.165) is 30.2 Å². The lowest BCUT2D eigenvalue weighted by atomic mass is 10.3. The molecule has 24 heavy (non-hydrogen) atoms. The normalized spacial score (nSPS) is 15.1. The average molecular weight is 365 g/mol. The number of amides is 3. The van der Waals surface area contributed by atoms with E-state index >= 15 is 0 Å². The number of urea groups is 1. The lowest BCUT2D eigenvalue weighted by Gasteiger charge is -2.12. The van der Waals surface area contributed by atoms with Crippen molar-refractivity contribution < 1.29 is 9.59 Å². The molecular weight excluding hydrogens is 346 g/mol. The second-order valence-corrected chi connectivity index (χ2v) is 7.92. The molecular formula is C15H19N5O2S2. The van der Waals surface area contributed by atoms with Crippen LogP contribution in [-0.4, -0.2) is 39.0 Å². The van der Waals surface area contributed by atoms with Crippen LogP contribution < -0.4 is 10.6 Å². The standard InChI is InChI=1S/C15H19N5O2S2/c1-9(13(21)17-14(22)16-2)24-15-19-18-12(20(15)10-5-6-10)8-11-4-3-7-23-11/h3-4,7,9-10H,5-6,8H2,1-2H3,(H2,16,17,21,22). The van der Waals surface area contributed by atoms with Gasteiger partial charge in [-0.2, -0.15) is 0 Å². The van der Waals surface area contributed by atoms with Crippen LogP contribution >= 0.6 is 23.1 Å². The number of hydrogen-bond donors (Lipinski definition) is 2. The fourth-order valence-corrected chi connectivity index (χ4v) is 3.90. The Balaban J connectivity index is 1.72. The summed E-state index contributed by atoms with van der Waals surface area (Å²) in [5, 5.41) is 15.6. The van der Waals surface area contributed by atoms with Crippen LogP contribution in [0.1, 0.15) is 36.5 Å². The summed E-state index contributed by atoms with van der Waals surface area (Å²) in [4.78, 5) is 24.5. The van der Waals surface area contributed by atoms with E-state index in [1.165, 1.54) is 23.7 Å². The zero-order valence-corrected chi connectivity index (χ0v) is 15.1. The number of carbonyl (C=O) groups is 2. The summed E-state index contributed by atoms with van der Waals surface area (Å²) < 4.78 is 2.15. The van der Waals surface area contributed by atoms with Crippen molar-refractivity contribution in [3.63, 3.8) is 0 Å². The molecule has 2 heterocycles. The maximum absolute atomic E-state index is 12.0. The highest BCUT2D eigenvalue weighted by Crippen LogP contribution is 2.40. The largest absolute Gasteiger partial charge is 0.341 e. The van der Waals surface area contributed by atoms with Crippen molar-refractivity contribution in [1.29, 1.82) is 0 Å². The molecule has 3 rings (SSSR count). The number of thiophene rings is 1. The SMILES string of the molecule is CNC(=O)NC(=O)C(C)Sc1nnc(Cc2cccs2)n1C1CC1. The third-order valence-corrected chi connectivity index (χ3v) is 5.61. The molecule has 0 radical (unpaired) electrons. The quantitative estimate of drug-likeness (QED) is 0.766. The maximum atomic E-state index is 12.0. The van der Waals surface area contributed by atoms with Crippen LogP contribution in [0.2, 0.25) is 0 Å². The topological polar surface area (TPSA) is 88.9 Å². The minimum absolute atomic E-state index is 0.343. The first-order valence-corrected chi connectivity index (χ1v) is 9.49. The summed E-state index contributed by atoms with van der Waals surface area (Å²) in [6.07, 6.45) is 2.98. The summed E-state index contributed by atoms with van der Waals surface area (Å²) in [5.74, 6) is 0.589. The van der Waals surface area contributed by atoms with Crippen molar-refractivity contribution in [2.45, 2.75) is 42.6 Å². The highest BCUT2D eigenvalue weighted by molar-refractivity contribution is 8.00. The predicted octanol–water partition coefficient (Wildman–Crippen LogP) is 2.20. The molecule has 0 bridgehead atoms. The van der Waals surface area contributed by atoms with Crippen molar-refractivity contribution in [3.05, 3.63) is 28.2 Å². The molecule has 0 aliphatic heterocycles. The van der Waals surface area contributed by atoms with Gasteiger partial charge in [0.05, 0.1) is 5.25 Å². The summed E-state index contributed by atoms with van der Waals surface area (Å²) in [5.41, 5.74) is 0. The van der Waals surface area contributed by atoms with Crippen LogP contribution in [0, 0.1) is 0 Å². The summed E-state index contributed by atoms with van der Waals surface area (Å²) in [6, 6.07) is 4.03. The number of thioether (sulfide) groups is 1. The van der Waals surface area contributed by atoms with Crippen molar-refractivity contribution in [2.75, 3.05) is 7.05 Å². The fourth-order valence-electron chi connectivity index (χ4n) is 2.26. The second kappa shape index (κ2) is 7.35. The van der Waals surface area contributed by atoms with Crippen LogP contribution in [0.15, 0.2) is 22.7 Å². The summed E-state index contributed by atoms with van der Waals surface area (Å²) >= 11 is 3.03. The fraction of sp³-hybridized carbons (Fsp3) is 0.467. The zero-order valence-electron chi connectivity index (χ0n) is 13.5. The van der Waals surface area contributed by atoms with Crippen LogP contribution in [0.4, 0.5) is 4.79 Å². The van der Waals surface area contributed by atoms with Gasteiger partial charge >= 0.3 is 6.03 Å². The lowest BCUT2D eigenvalue weighted by molar-refractivity contribution is -0.119. The van der Waals surface area contributed by atoms with Crippen LogP contribution in [0.3, 0.4) is 0 Å². The molecule has 7 nitrogen and oxygen atoms in total. The number of imide groups is 1. The van der Waals surface area contributed by atoms with Gasteiger partial charge in [-0.1, -0.05) is 17.8 Å². The van der Waals surface area contributed by atoms with E-state index < -0.39 is 11.3 Å². The predicted molar refractivity (Wildman–Crippen MR) is 93.3 cm³/mol. The molecule has 1 unspecified atom stereocenters. The molecule has 2 N–H and O–H groups in total. The molecule has 2 aromatic heterocycles. The maximum Gasteiger partial charge on any atom is 0.321 e. The smallest absolute Gasteiger partial charge is 0.321 e. The van der Waals surface area contributed by atoms with E-state index in [0.29, 0.717) is 6.04 Å². The molecule has 1 saturated carbocycles. The molecule has 1 aliphatic rings. The third-order valence-electron chi connectivity index (χ3n) is 3.67. The van der Waals surface area contributed by atoms with Crippen molar-refractivity contribution in [3.8, 4) is 0 Å². The molecule has 3 amide bonds. The third kappa shape index (κ3) is 3.96. The van der Waals surface area contributed by atoms with Crippen molar-refractivity contribution in [2.24, 2.45) is 0 Å². The Morgan fingerprint density at radius 1 is 1.46 bits per heavy atom. The summed E-state index contributed by atoms with van der Waals surface area (Å²) in [6.45, 7) is 1.76. The Kier molecular flexibility index (Phi) is 5.20. The van der Waals surface area contributed by atoms with Gasteiger partial charge in [0.15, 0.2) is 5.16 Å². The van der Waals surface area contributed by atoms with E-state index in [1.54, 1.807) is 18.3 Å². The first-order valence-electron chi connectivity index (χ1n) is 7.74. The number of hydrogen-bond acceptors (Lipinski definition) is 6. The monoisotopic (exact) mass is 365 g/mol. The first-order chi connectivity index (χ1) is 11.6. The van der Waals surface area contributed by atoms with Gasteiger partial charge in [0, 0.05) is 24.4 Å². The van der Waals surface area contributed by atoms with Gasteiger partial charge in [-0.05, 0) is 31.2 Å². The van der Waals surface area contributed by atoms with Gasteiger partial charge in [-0.25, -0.2) is 4.79 Å². The second-order valence-electron chi connectivity index (χ2n) is 5.58.